The first-order chi connectivity index (χ1) is 6.10. The summed E-state index contributed by atoms with van der Waals surface area (Å²) in [5, 5.41) is 1.43. The van der Waals surface area contributed by atoms with E-state index in [0.717, 1.165) is 11.8 Å². The summed E-state index contributed by atoms with van der Waals surface area (Å²) >= 11 is 0. The predicted octanol–water partition coefficient (Wildman–Crippen LogP) is 2.43. The fourth-order valence-electron chi connectivity index (χ4n) is 1.22. The Balaban J connectivity index is 2.98. The molecule has 0 fully saturated rings. The van der Waals surface area contributed by atoms with Crippen LogP contribution in [0.25, 0.3) is 0 Å². The van der Waals surface area contributed by atoms with E-state index >= 15 is 0 Å². The molecule has 70 valence electrons. The second-order valence-corrected chi connectivity index (χ2v) is 9.03. The molecule has 0 bridgehead atoms. The molecule has 0 aliphatic carbocycles. The third kappa shape index (κ3) is 2.28. The molecule has 1 aromatic carbocycles. The molecule has 1 nitrogen and oxygen atoms in total. The Bertz CT molecular complexity index is 287. The molecule has 0 radical (unpaired) electrons. The largest absolute Gasteiger partial charge is 0.298 e. The molecule has 1 rings (SSSR count). The van der Waals surface area contributed by atoms with Crippen LogP contribution in [-0.4, -0.2) is 14.4 Å². The van der Waals surface area contributed by atoms with E-state index in [9.17, 15) is 4.79 Å². The van der Waals surface area contributed by atoms with Gasteiger partial charge in [0.25, 0.3) is 0 Å². The van der Waals surface area contributed by atoms with E-state index in [1.807, 2.05) is 12.1 Å². The molecule has 0 atom stereocenters. The fraction of sp³-hybridized carbons (Fsp3) is 0.364. The molecular formula is C11H16OSi. The van der Waals surface area contributed by atoms with Crippen molar-refractivity contribution in [1.29, 1.82) is 0 Å². The number of hydrogen-bond donors (Lipinski definition) is 0. The lowest BCUT2D eigenvalue weighted by Crippen LogP contribution is -2.40. The van der Waals surface area contributed by atoms with E-state index in [-0.39, 0.29) is 0 Å². The van der Waals surface area contributed by atoms with Crippen LogP contribution in [0, 0.1) is 0 Å². The summed E-state index contributed by atoms with van der Waals surface area (Å²) in [7, 11) is -1.20. The summed E-state index contributed by atoms with van der Waals surface area (Å²) in [4.78, 5) is 10.4. The van der Waals surface area contributed by atoms with E-state index in [1.165, 1.54) is 11.2 Å². The van der Waals surface area contributed by atoms with Crippen LogP contribution in [-0.2, 0) is 0 Å². The zero-order chi connectivity index (χ0) is 9.90. The molecule has 0 aliphatic rings. The molecule has 13 heavy (non-hydrogen) atoms. The molecular weight excluding hydrogens is 176 g/mol. The minimum absolute atomic E-state index is 0.768. The molecule has 0 saturated carbocycles. The standard InChI is InChI=1S/C11H16OSi/c1-4-13(2,3)11-7-5-10(9-12)6-8-11/h5-9H,4H2,1-3H3. The van der Waals surface area contributed by atoms with Crippen molar-refractivity contribution >= 4 is 19.5 Å². The monoisotopic (exact) mass is 192 g/mol. The number of rotatable bonds is 3. The number of benzene rings is 1. The van der Waals surface area contributed by atoms with E-state index in [4.69, 9.17) is 0 Å². The van der Waals surface area contributed by atoms with Crippen LogP contribution < -0.4 is 5.19 Å². The van der Waals surface area contributed by atoms with Gasteiger partial charge in [0.2, 0.25) is 0 Å². The Morgan fingerprint density at radius 2 is 1.77 bits per heavy atom. The highest BCUT2D eigenvalue weighted by atomic mass is 28.3. The third-order valence-corrected chi connectivity index (χ3v) is 6.38. The number of carbonyl (C=O) groups is 1. The van der Waals surface area contributed by atoms with Gasteiger partial charge in [0.05, 0.1) is 8.07 Å². The maximum atomic E-state index is 10.4. The van der Waals surface area contributed by atoms with Gasteiger partial charge in [-0.25, -0.2) is 0 Å². The SMILES string of the molecule is CC[Si](C)(C)c1ccc(C=O)cc1. The molecule has 0 aliphatic heterocycles. The first kappa shape index (κ1) is 10.2. The van der Waals surface area contributed by atoms with Crippen molar-refractivity contribution in [2.75, 3.05) is 0 Å². The molecule has 0 aromatic heterocycles. The summed E-state index contributed by atoms with van der Waals surface area (Å²) in [6.07, 6.45) is 0.893. The smallest absolute Gasteiger partial charge is 0.150 e. The highest BCUT2D eigenvalue weighted by Gasteiger charge is 2.19. The van der Waals surface area contributed by atoms with E-state index in [0.29, 0.717) is 0 Å². The van der Waals surface area contributed by atoms with Gasteiger partial charge in [-0.2, -0.15) is 0 Å². The molecule has 0 amide bonds. The van der Waals surface area contributed by atoms with Gasteiger partial charge < -0.3 is 0 Å². The Labute approximate surface area is 80.8 Å². The summed E-state index contributed by atoms with van der Waals surface area (Å²) in [5.74, 6) is 0. The normalized spacial score (nSPS) is 11.3. The summed E-state index contributed by atoms with van der Waals surface area (Å²) in [5.41, 5.74) is 0.768. The minimum atomic E-state index is -1.20. The van der Waals surface area contributed by atoms with Gasteiger partial charge in [0.1, 0.15) is 6.29 Å². The van der Waals surface area contributed by atoms with Crippen molar-refractivity contribution < 1.29 is 4.79 Å². The van der Waals surface area contributed by atoms with Crippen LogP contribution in [0.3, 0.4) is 0 Å². The van der Waals surface area contributed by atoms with Gasteiger partial charge >= 0.3 is 0 Å². The van der Waals surface area contributed by atoms with Crippen LogP contribution in [0.1, 0.15) is 17.3 Å². The molecule has 0 N–H and O–H groups in total. The van der Waals surface area contributed by atoms with Gasteiger partial charge in [-0.15, -0.1) is 0 Å². The van der Waals surface area contributed by atoms with Crippen LogP contribution >= 0.6 is 0 Å². The van der Waals surface area contributed by atoms with Crippen LogP contribution in [0.15, 0.2) is 24.3 Å². The zero-order valence-corrected chi connectivity index (χ0v) is 9.50. The molecule has 1 aromatic rings. The average Bonchev–Trinajstić information content (AvgIpc) is 2.18. The van der Waals surface area contributed by atoms with E-state index in [1.54, 1.807) is 0 Å². The summed E-state index contributed by atoms with van der Waals surface area (Å²) in [6.45, 7) is 6.94. The van der Waals surface area contributed by atoms with Crippen molar-refractivity contribution in [2.45, 2.75) is 26.1 Å². The molecule has 0 saturated heterocycles. The van der Waals surface area contributed by atoms with Crippen LogP contribution in [0.2, 0.25) is 19.1 Å². The highest BCUT2D eigenvalue weighted by molar-refractivity contribution is 6.89. The number of aldehydes is 1. The van der Waals surface area contributed by atoms with Crippen LogP contribution in [0.4, 0.5) is 0 Å². The van der Waals surface area contributed by atoms with Crippen molar-refractivity contribution in [2.24, 2.45) is 0 Å². The van der Waals surface area contributed by atoms with Crippen molar-refractivity contribution in [3.05, 3.63) is 29.8 Å². The molecule has 2 heteroatoms. The van der Waals surface area contributed by atoms with Gasteiger partial charge in [-0.05, 0) is 0 Å². The first-order valence-electron chi connectivity index (χ1n) is 4.66. The maximum absolute atomic E-state index is 10.4. The van der Waals surface area contributed by atoms with Crippen LogP contribution in [0.5, 0.6) is 0 Å². The summed E-state index contributed by atoms with van der Waals surface area (Å²) in [6, 6.07) is 9.26. The van der Waals surface area contributed by atoms with Gasteiger partial charge in [-0.3, -0.25) is 4.79 Å². The maximum Gasteiger partial charge on any atom is 0.150 e. The topological polar surface area (TPSA) is 17.1 Å². The lowest BCUT2D eigenvalue weighted by Gasteiger charge is -2.20. The molecule has 0 spiro atoms. The van der Waals surface area contributed by atoms with Crippen molar-refractivity contribution in [1.82, 2.24) is 0 Å². The second kappa shape index (κ2) is 3.88. The number of hydrogen-bond acceptors (Lipinski definition) is 1. The predicted molar refractivity (Wildman–Crippen MR) is 59.4 cm³/mol. The number of carbonyl (C=O) groups excluding carboxylic acids is 1. The third-order valence-electron chi connectivity index (χ3n) is 2.71. The Morgan fingerprint density at radius 1 is 1.23 bits per heavy atom. The fourth-order valence-corrected chi connectivity index (χ4v) is 2.69. The van der Waals surface area contributed by atoms with E-state index < -0.39 is 8.07 Å². The first-order valence-corrected chi connectivity index (χ1v) is 7.86. The molecule has 0 unspecified atom stereocenters. The Kier molecular flexibility index (Phi) is 3.04. The molecule has 0 heterocycles. The van der Waals surface area contributed by atoms with Gasteiger partial charge in [-0.1, -0.05) is 55.5 Å². The highest BCUT2D eigenvalue weighted by Crippen LogP contribution is 2.08. The van der Waals surface area contributed by atoms with Gasteiger partial charge in [0.15, 0.2) is 0 Å². The average molecular weight is 192 g/mol. The van der Waals surface area contributed by atoms with E-state index in [2.05, 4.69) is 32.2 Å². The lowest BCUT2D eigenvalue weighted by molar-refractivity contribution is 0.112. The zero-order valence-electron chi connectivity index (χ0n) is 8.50. The minimum Gasteiger partial charge on any atom is -0.298 e. The van der Waals surface area contributed by atoms with Crippen molar-refractivity contribution in [3.63, 3.8) is 0 Å². The quantitative estimate of drug-likeness (QED) is 0.531. The van der Waals surface area contributed by atoms with Gasteiger partial charge in [0, 0.05) is 5.56 Å². The second-order valence-electron chi connectivity index (χ2n) is 3.98. The Morgan fingerprint density at radius 3 is 2.15 bits per heavy atom. The summed E-state index contributed by atoms with van der Waals surface area (Å²) < 4.78 is 0. The lowest BCUT2D eigenvalue weighted by atomic mass is 10.2. The Hall–Kier alpha value is -0.893. The van der Waals surface area contributed by atoms with Crippen molar-refractivity contribution in [3.8, 4) is 0 Å².